The van der Waals surface area contributed by atoms with Crippen molar-refractivity contribution in [2.75, 3.05) is 6.26 Å². The Labute approximate surface area is 85.9 Å². The van der Waals surface area contributed by atoms with Crippen molar-refractivity contribution < 1.29 is 0 Å². The minimum absolute atomic E-state index is 0.706. The minimum Gasteiger partial charge on any atom is -0.290 e. The first-order valence-corrected chi connectivity index (χ1v) is 5.70. The molecule has 2 aromatic heterocycles. The van der Waals surface area contributed by atoms with Gasteiger partial charge in [-0.3, -0.25) is 4.40 Å². The van der Waals surface area contributed by atoms with Gasteiger partial charge in [0.25, 0.3) is 0 Å². The van der Waals surface area contributed by atoms with Gasteiger partial charge in [0.1, 0.15) is 10.8 Å². The van der Waals surface area contributed by atoms with E-state index in [1.807, 2.05) is 28.8 Å². The van der Waals surface area contributed by atoms with Crippen LogP contribution in [0.3, 0.4) is 0 Å². The number of pyridine rings is 1. The van der Waals surface area contributed by atoms with Crippen LogP contribution in [0.2, 0.25) is 5.15 Å². The highest BCUT2D eigenvalue weighted by molar-refractivity contribution is 7.97. The Morgan fingerprint density at radius 2 is 2.38 bits per heavy atom. The molecule has 0 saturated carbocycles. The van der Waals surface area contributed by atoms with Crippen molar-refractivity contribution in [2.24, 2.45) is 0 Å². The monoisotopic (exact) mass is 212 g/mol. The third-order valence-corrected chi connectivity index (χ3v) is 2.68. The molecule has 0 bridgehead atoms. The molecule has 0 N–H and O–H groups in total. The fraction of sp³-hybridized carbons (Fsp3) is 0.222. The number of nitrogens with zero attached hydrogens (tertiary/aromatic N) is 2. The quantitative estimate of drug-likeness (QED) is 0.713. The molecule has 0 atom stereocenters. The smallest absolute Gasteiger partial charge is 0.138 e. The van der Waals surface area contributed by atoms with Gasteiger partial charge in [-0.1, -0.05) is 17.7 Å². The van der Waals surface area contributed by atoms with Crippen molar-refractivity contribution in [1.82, 2.24) is 9.38 Å². The molecule has 2 aromatic rings. The Bertz CT molecular complexity index is 424. The largest absolute Gasteiger partial charge is 0.290 e. The average molecular weight is 213 g/mol. The van der Waals surface area contributed by atoms with Crippen molar-refractivity contribution in [3.63, 3.8) is 0 Å². The molecular formula is C9H9ClN2S. The predicted molar refractivity (Wildman–Crippen MR) is 57.4 cm³/mol. The molecule has 0 amide bonds. The molecule has 0 aliphatic rings. The number of fused-ring (bicyclic) bond motifs is 1. The second kappa shape index (κ2) is 3.60. The molecule has 0 unspecified atom stereocenters. The van der Waals surface area contributed by atoms with E-state index in [4.69, 9.17) is 11.6 Å². The maximum atomic E-state index is 5.99. The van der Waals surface area contributed by atoms with Gasteiger partial charge in [-0.25, -0.2) is 4.98 Å². The van der Waals surface area contributed by atoms with Crippen LogP contribution in [-0.4, -0.2) is 15.6 Å². The first-order valence-electron chi connectivity index (χ1n) is 3.92. The Morgan fingerprint density at radius 1 is 1.54 bits per heavy atom. The topological polar surface area (TPSA) is 17.3 Å². The van der Waals surface area contributed by atoms with Crippen LogP contribution in [0, 0.1) is 0 Å². The molecule has 13 heavy (non-hydrogen) atoms. The van der Waals surface area contributed by atoms with Gasteiger partial charge in [0.05, 0.1) is 5.69 Å². The van der Waals surface area contributed by atoms with Crippen LogP contribution < -0.4 is 0 Å². The van der Waals surface area contributed by atoms with E-state index in [9.17, 15) is 0 Å². The second-order valence-electron chi connectivity index (χ2n) is 2.74. The molecule has 0 fully saturated rings. The Morgan fingerprint density at radius 3 is 3.08 bits per heavy atom. The molecule has 0 aliphatic heterocycles. The molecule has 0 saturated heterocycles. The molecule has 0 radical (unpaired) electrons. The standard InChI is InChI=1S/C9H9ClN2S/c1-13-6-7-5-12-8(10)3-2-4-9(12)11-7/h2-5H,6H2,1H3. The lowest BCUT2D eigenvalue weighted by Gasteiger charge is -1.93. The lowest BCUT2D eigenvalue weighted by molar-refractivity contribution is 1.18. The summed E-state index contributed by atoms with van der Waals surface area (Å²) in [4.78, 5) is 4.42. The van der Waals surface area contributed by atoms with E-state index >= 15 is 0 Å². The van der Waals surface area contributed by atoms with E-state index in [0.29, 0.717) is 5.15 Å². The first kappa shape index (κ1) is 8.91. The summed E-state index contributed by atoms with van der Waals surface area (Å²) in [7, 11) is 0. The zero-order valence-electron chi connectivity index (χ0n) is 7.20. The molecule has 0 spiro atoms. The number of imidazole rings is 1. The van der Waals surface area contributed by atoms with Crippen LogP contribution in [0.5, 0.6) is 0 Å². The van der Waals surface area contributed by atoms with Crippen LogP contribution >= 0.6 is 23.4 Å². The summed E-state index contributed by atoms with van der Waals surface area (Å²) in [5, 5.41) is 0.706. The number of thioether (sulfide) groups is 1. The summed E-state index contributed by atoms with van der Waals surface area (Å²) in [6, 6.07) is 5.72. The molecule has 0 aromatic carbocycles. The van der Waals surface area contributed by atoms with Gasteiger partial charge in [-0.2, -0.15) is 11.8 Å². The summed E-state index contributed by atoms with van der Waals surface area (Å²) in [6.07, 6.45) is 4.04. The molecule has 2 nitrogen and oxygen atoms in total. The van der Waals surface area contributed by atoms with Crippen LogP contribution in [0.4, 0.5) is 0 Å². The third kappa shape index (κ3) is 1.67. The van der Waals surface area contributed by atoms with Gasteiger partial charge in [-0.15, -0.1) is 0 Å². The van der Waals surface area contributed by atoms with Gasteiger partial charge in [0.2, 0.25) is 0 Å². The normalized spacial score (nSPS) is 10.9. The molecule has 2 heterocycles. The number of aromatic nitrogens is 2. The summed E-state index contributed by atoms with van der Waals surface area (Å²) in [5.74, 6) is 0.929. The predicted octanol–water partition coefficient (Wildman–Crippen LogP) is 2.85. The molecule has 0 aliphatic carbocycles. The highest BCUT2D eigenvalue weighted by atomic mass is 35.5. The van der Waals surface area contributed by atoms with Crippen molar-refractivity contribution in [1.29, 1.82) is 0 Å². The van der Waals surface area contributed by atoms with Crippen LogP contribution in [0.1, 0.15) is 5.69 Å². The molecule has 2 rings (SSSR count). The summed E-state index contributed by atoms with van der Waals surface area (Å²) in [5.41, 5.74) is 1.98. The van der Waals surface area contributed by atoms with E-state index in [-0.39, 0.29) is 0 Å². The number of rotatable bonds is 2. The fourth-order valence-electron chi connectivity index (χ4n) is 1.25. The van der Waals surface area contributed by atoms with E-state index in [2.05, 4.69) is 11.2 Å². The third-order valence-electron chi connectivity index (χ3n) is 1.78. The highest BCUT2D eigenvalue weighted by Gasteiger charge is 2.02. The SMILES string of the molecule is CSCc1cn2c(Cl)cccc2n1. The summed E-state index contributed by atoms with van der Waals surface area (Å²) in [6.45, 7) is 0. The van der Waals surface area contributed by atoms with E-state index < -0.39 is 0 Å². The minimum atomic E-state index is 0.706. The maximum Gasteiger partial charge on any atom is 0.138 e. The van der Waals surface area contributed by atoms with Gasteiger partial charge in [0.15, 0.2) is 0 Å². The summed E-state index contributed by atoms with van der Waals surface area (Å²) >= 11 is 7.74. The van der Waals surface area contributed by atoms with Gasteiger partial charge < -0.3 is 0 Å². The van der Waals surface area contributed by atoms with Crippen LogP contribution in [0.15, 0.2) is 24.4 Å². The van der Waals surface area contributed by atoms with Crippen molar-refractivity contribution in [3.8, 4) is 0 Å². The van der Waals surface area contributed by atoms with Crippen LogP contribution in [-0.2, 0) is 5.75 Å². The molecule has 68 valence electrons. The molecular weight excluding hydrogens is 204 g/mol. The van der Waals surface area contributed by atoms with Gasteiger partial charge >= 0.3 is 0 Å². The van der Waals surface area contributed by atoms with Gasteiger partial charge in [-0.05, 0) is 18.4 Å². The number of hydrogen-bond acceptors (Lipinski definition) is 2. The first-order chi connectivity index (χ1) is 6.31. The highest BCUT2D eigenvalue weighted by Crippen LogP contribution is 2.15. The van der Waals surface area contributed by atoms with E-state index in [1.54, 1.807) is 11.8 Å². The van der Waals surface area contributed by atoms with Crippen molar-refractivity contribution in [2.45, 2.75) is 5.75 Å². The number of halogens is 1. The fourth-order valence-corrected chi connectivity index (χ4v) is 1.89. The lowest BCUT2D eigenvalue weighted by atomic mass is 10.5. The van der Waals surface area contributed by atoms with Crippen molar-refractivity contribution >= 4 is 29.0 Å². The maximum absolute atomic E-state index is 5.99. The Hall–Kier alpha value is -0.670. The van der Waals surface area contributed by atoms with Crippen molar-refractivity contribution in [3.05, 3.63) is 35.2 Å². The van der Waals surface area contributed by atoms with Gasteiger partial charge in [0, 0.05) is 11.9 Å². The zero-order chi connectivity index (χ0) is 9.26. The zero-order valence-corrected chi connectivity index (χ0v) is 8.77. The second-order valence-corrected chi connectivity index (χ2v) is 4.00. The van der Waals surface area contributed by atoms with E-state index in [1.165, 1.54) is 0 Å². The number of hydrogen-bond donors (Lipinski definition) is 0. The summed E-state index contributed by atoms with van der Waals surface area (Å²) < 4.78 is 1.90. The Balaban J connectivity index is 2.55. The van der Waals surface area contributed by atoms with E-state index in [0.717, 1.165) is 17.1 Å². The average Bonchev–Trinajstić information content (AvgIpc) is 2.49. The molecule has 4 heteroatoms. The van der Waals surface area contributed by atoms with Crippen LogP contribution in [0.25, 0.3) is 5.65 Å². The Kier molecular flexibility index (Phi) is 2.47. The lowest BCUT2D eigenvalue weighted by Crippen LogP contribution is -1.82.